The summed E-state index contributed by atoms with van der Waals surface area (Å²) in [4.78, 5) is 18.6. The lowest BCUT2D eigenvalue weighted by atomic mass is 10.1. The lowest BCUT2D eigenvalue weighted by Crippen LogP contribution is -2.49. The van der Waals surface area contributed by atoms with Crippen molar-refractivity contribution in [2.45, 2.75) is 13.0 Å². The Bertz CT molecular complexity index is 672. The molecule has 110 valence electrons. The van der Waals surface area contributed by atoms with Gasteiger partial charge in [0, 0.05) is 19.0 Å². The molecule has 1 N–H and O–H groups in total. The number of hydrogen-bond acceptors (Lipinski definition) is 4. The van der Waals surface area contributed by atoms with Gasteiger partial charge in [-0.05, 0) is 24.6 Å². The first-order chi connectivity index (χ1) is 10.2. The number of morpholine rings is 1. The third-order valence-electron chi connectivity index (χ3n) is 3.79. The van der Waals surface area contributed by atoms with Crippen LogP contribution in [0.25, 0.3) is 10.9 Å². The number of carbonyl (C=O) groups excluding carboxylic acids is 1. The number of aromatic nitrogens is 1. The molecule has 0 bridgehead atoms. The molecule has 1 aromatic heterocycles. The van der Waals surface area contributed by atoms with E-state index in [0.717, 1.165) is 28.8 Å². The maximum Gasteiger partial charge on any atom is 0.250 e. The fourth-order valence-corrected chi connectivity index (χ4v) is 2.69. The number of amides is 1. The van der Waals surface area contributed by atoms with E-state index in [1.807, 2.05) is 18.2 Å². The van der Waals surface area contributed by atoms with Gasteiger partial charge in [0.2, 0.25) is 0 Å². The molecule has 5 heteroatoms. The van der Waals surface area contributed by atoms with Crippen molar-refractivity contribution in [3.63, 3.8) is 0 Å². The highest BCUT2D eigenvalue weighted by Gasteiger charge is 2.27. The van der Waals surface area contributed by atoms with Gasteiger partial charge in [-0.1, -0.05) is 18.2 Å². The van der Waals surface area contributed by atoms with E-state index in [4.69, 9.17) is 9.72 Å². The Kier molecular flexibility index (Phi) is 3.75. The summed E-state index contributed by atoms with van der Waals surface area (Å²) in [6, 6.07) is 10.2. The van der Waals surface area contributed by atoms with Crippen molar-refractivity contribution in [1.82, 2.24) is 10.3 Å². The number of benzene rings is 1. The van der Waals surface area contributed by atoms with E-state index in [2.05, 4.69) is 29.3 Å². The summed E-state index contributed by atoms with van der Waals surface area (Å²) in [5.74, 6) is 0.851. The van der Waals surface area contributed by atoms with Crippen molar-refractivity contribution < 1.29 is 9.53 Å². The fraction of sp³-hybridized carbons (Fsp3) is 0.375. The Morgan fingerprint density at radius 1 is 1.43 bits per heavy atom. The Hall–Kier alpha value is -2.14. The molecule has 2 aromatic rings. The second-order valence-corrected chi connectivity index (χ2v) is 5.24. The maximum absolute atomic E-state index is 11.8. The van der Waals surface area contributed by atoms with Gasteiger partial charge in [0.25, 0.3) is 5.91 Å². The number of rotatable bonds is 2. The zero-order chi connectivity index (χ0) is 14.8. The first-order valence-electron chi connectivity index (χ1n) is 7.13. The van der Waals surface area contributed by atoms with Gasteiger partial charge in [-0.3, -0.25) is 4.79 Å². The van der Waals surface area contributed by atoms with E-state index in [1.165, 1.54) is 0 Å². The van der Waals surface area contributed by atoms with E-state index in [1.54, 1.807) is 7.05 Å². The van der Waals surface area contributed by atoms with Crippen molar-refractivity contribution >= 4 is 22.6 Å². The van der Waals surface area contributed by atoms with Gasteiger partial charge in [-0.15, -0.1) is 0 Å². The van der Waals surface area contributed by atoms with Gasteiger partial charge in [0.15, 0.2) is 6.10 Å². The topological polar surface area (TPSA) is 54.5 Å². The molecular weight excluding hydrogens is 266 g/mol. The van der Waals surface area contributed by atoms with Crippen LogP contribution in [-0.4, -0.2) is 43.7 Å². The van der Waals surface area contributed by atoms with Gasteiger partial charge in [0.05, 0.1) is 18.7 Å². The van der Waals surface area contributed by atoms with Gasteiger partial charge >= 0.3 is 0 Å². The number of para-hydroxylation sites is 1. The van der Waals surface area contributed by atoms with Crippen LogP contribution < -0.4 is 10.2 Å². The number of pyridine rings is 1. The van der Waals surface area contributed by atoms with Gasteiger partial charge in [-0.25, -0.2) is 4.98 Å². The highest BCUT2D eigenvalue weighted by molar-refractivity contribution is 5.83. The van der Waals surface area contributed by atoms with Crippen molar-refractivity contribution in [3.05, 3.63) is 35.9 Å². The van der Waals surface area contributed by atoms with Crippen molar-refractivity contribution in [2.75, 3.05) is 31.6 Å². The highest BCUT2D eigenvalue weighted by Crippen LogP contribution is 2.24. The van der Waals surface area contributed by atoms with Gasteiger partial charge in [-0.2, -0.15) is 0 Å². The van der Waals surface area contributed by atoms with Crippen molar-refractivity contribution in [1.29, 1.82) is 0 Å². The number of likely N-dealkylation sites (N-methyl/N-ethyl adjacent to an activating group) is 1. The Morgan fingerprint density at radius 2 is 2.24 bits per heavy atom. The number of carbonyl (C=O) groups is 1. The van der Waals surface area contributed by atoms with Gasteiger partial charge in [0.1, 0.15) is 5.82 Å². The molecule has 0 radical (unpaired) electrons. The largest absolute Gasteiger partial charge is 0.365 e. The summed E-state index contributed by atoms with van der Waals surface area (Å²) in [6.07, 6.45) is -0.434. The minimum Gasteiger partial charge on any atom is -0.365 e. The lowest BCUT2D eigenvalue weighted by Gasteiger charge is -2.33. The Balaban J connectivity index is 1.92. The van der Waals surface area contributed by atoms with E-state index in [9.17, 15) is 4.79 Å². The van der Waals surface area contributed by atoms with Crippen LogP contribution in [0.15, 0.2) is 30.3 Å². The molecule has 1 atom stereocenters. The number of anilines is 1. The fourth-order valence-electron chi connectivity index (χ4n) is 2.69. The molecule has 21 heavy (non-hydrogen) atoms. The summed E-state index contributed by atoms with van der Waals surface area (Å²) in [5, 5.41) is 3.77. The second kappa shape index (κ2) is 5.69. The van der Waals surface area contributed by atoms with Crippen LogP contribution in [0.5, 0.6) is 0 Å². The molecule has 1 unspecified atom stereocenters. The zero-order valence-corrected chi connectivity index (χ0v) is 12.3. The molecule has 1 aromatic carbocycles. The minimum absolute atomic E-state index is 0.0851. The van der Waals surface area contributed by atoms with Crippen LogP contribution in [0.3, 0.4) is 0 Å². The van der Waals surface area contributed by atoms with Crippen LogP contribution in [0.2, 0.25) is 0 Å². The van der Waals surface area contributed by atoms with Crippen LogP contribution in [0, 0.1) is 6.92 Å². The molecule has 0 saturated carbocycles. The van der Waals surface area contributed by atoms with E-state index < -0.39 is 6.10 Å². The molecular formula is C16H19N3O2. The van der Waals surface area contributed by atoms with Crippen molar-refractivity contribution in [2.24, 2.45) is 0 Å². The molecule has 5 nitrogen and oxygen atoms in total. The third kappa shape index (κ3) is 2.69. The summed E-state index contributed by atoms with van der Waals surface area (Å²) < 4.78 is 5.53. The normalized spacial score (nSPS) is 18.8. The predicted octanol–water partition coefficient (Wildman–Crippen LogP) is 1.49. The first kappa shape index (κ1) is 13.8. The first-order valence-corrected chi connectivity index (χ1v) is 7.13. The summed E-state index contributed by atoms with van der Waals surface area (Å²) >= 11 is 0. The summed E-state index contributed by atoms with van der Waals surface area (Å²) in [5.41, 5.74) is 2.09. The second-order valence-electron chi connectivity index (χ2n) is 5.24. The van der Waals surface area contributed by atoms with Crippen LogP contribution in [-0.2, 0) is 9.53 Å². The smallest absolute Gasteiger partial charge is 0.250 e. The number of nitrogens with one attached hydrogen (secondary N) is 1. The molecule has 1 aliphatic rings. The van der Waals surface area contributed by atoms with Crippen LogP contribution in [0.4, 0.5) is 5.82 Å². The number of ether oxygens (including phenoxy) is 1. The van der Waals surface area contributed by atoms with Crippen molar-refractivity contribution in [3.8, 4) is 0 Å². The molecule has 1 aliphatic heterocycles. The third-order valence-corrected chi connectivity index (χ3v) is 3.79. The average molecular weight is 285 g/mol. The van der Waals surface area contributed by atoms with Crippen LogP contribution >= 0.6 is 0 Å². The maximum atomic E-state index is 11.8. The molecule has 0 spiro atoms. The molecule has 1 saturated heterocycles. The molecule has 0 aliphatic carbocycles. The predicted molar refractivity (Wildman–Crippen MR) is 82.5 cm³/mol. The SMILES string of the molecule is CNC(=O)C1CN(c2nc3ccccc3cc2C)CCO1. The van der Waals surface area contributed by atoms with Gasteiger partial charge < -0.3 is 15.0 Å². The number of nitrogens with zero attached hydrogens (tertiary/aromatic N) is 2. The average Bonchev–Trinajstić information content (AvgIpc) is 2.53. The Morgan fingerprint density at radius 3 is 3.05 bits per heavy atom. The molecule has 1 amide bonds. The summed E-state index contributed by atoms with van der Waals surface area (Å²) in [6.45, 7) is 3.87. The molecule has 2 heterocycles. The van der Waals surface area contributed by atoms with E-state index in [0.29, 0.717) is 13.2 Å². The van der Waals surface area contributed by atoms with Crippen LogP contribution in [0.1, 0.15) is 5.56 Å². The molecule has 3 rings (SSSR count). The standard InChI is InChI=1S/C16H19N3O2/c1-11-9-12-5-3-4-6-13(12)18-15(11)19-7-8-21-14(10-19)16(20)17-2/h3-6,9,14H,7-8,10H2,1-2H3,(H,17,20). The summed E-state index contributed by atoms with van der Waals surface area (Å²) in [7, 11) is 1.63. The lowest BCUT2D eigenvalue weighted by molar-refractivity contribution is -0.132. The highest BCUT2D eigenvalue weighted by atomic mass is 16.5. The monoisotopic (exact) mass is 285 g/mol. The van der Waals surface area contributed by atoms with E-state index in [-0.39, 0.29) is 5.91 Å². The quantitative estimate of drug-likeness (QED) is 0.908. The Labute approximate surface area is 123 Å². The number of aryl methyl sites for hydroxylation is 1. The zero-order valence-electron chi connectivity index (χ0n) is 12.3. The minimum atomic E-state index is -0.434. The van der Waals surface area contributed by atoms with E-state index >= 15 is 0 Å². The molecule has 1 fully saturated rings. The number of hydrogen-bond donors (Lipinski definition) is 1. The number of fused-ring (bicyclic) bond motifs is 1.